The van der Waals surface area contributed by atoms with E-state index >= 15 is 0 Å². The normalized spacial score (nSPS) is 14.4. The number of aliphatic hydroxyl groups is 2. The van der Waals surface area contributed by atoms with E-state index in [0.29, 0.717) is 49.9 Å². The van der Waals surface area contributed by atoms with Crippen LogP contribution in [0.15, 0.2) is 36.8 Å². The Kier molecular flexibility index (Phi) is 58.0. The highest BCUT2D eigenvalue weighted by molar-refractivity contribution is 7.98. The lowest BCUT2D eigenvalue weighted by Crippen LogP contribution is -2.62. The van der Waals surface area contributed by atoms with E-state index in [2.05, 4.69) is 96.6 Å². The number of rotatable bonds is 71. The third kappa shape index (κ3) is 48.6. The molecule has 0 aliphatic carbocycles. The molecular formula is C85H149N25O19S. The molecule has 14 amide bonds. The number of H-pyrrole nitrogens is 1. The zero-order chi connectivity index (χ0) is 97.2. The number of benzene rings is 1. The summed E-state index contributed by atoms with van der Waals surface area (Å²) in [4.78, 5) is 219. The number of imidazole rings is 1. The number of phenolic OH excluding ortho intramolecular Hbond substituents is 1. The Labute approximate surface area is 765 Å². The van der Waals surface area contributed by atoms with Crippen molar-refractivity contribution in [2.75, 3.05) is 51.3 Å². The molecule has 2 aromatic rings. The second-order valence-corrected chi connectivity index (χ2v) is 34.3. The van der Waals surface area contributed by atoms with Crippen LogP contribution in [0.1, 0.15) is 226 Å². The minimum absolute atomic E-state index is 0.00202. The third-order valence-electron chi connectivity index (χ3n) is 21.0. The highest BCUT2D eigenvalue weighted by Crippen LogP contribution is 2.18. The molecule has 1 aromatic heterocycles. The Morgan fingerprint density at radius 1 is 0.431 bits per heavy atom. The molecule has 0 spiro atoms. The fourth-order valence-corrected chi connectivity index (χ4v) is 14.3. The zero-order valence-corrected chi connectivity index (χ0v) is 77.2. The van der Waals surface area contributed by atoms with E-state index in [-0.39, 0.29) is 152 Å². The first kappa shape index (κ1) is 115. The summed E-state index contributed by atoms with van der Waals surface area (Å²) in [5.74, 6) is -16.4. The van der Waals surface area contributed by atoms with Crippen LogP contribution in [0.2, 0.25) is 0 Å². The van der Waals surface area contributed by atoms with Gasteiger partial charge in [-0.05, 0) is 177 Å². The molecule has 0 saturated heterocycles. The fourth-order valence-electron chi connectivity index (χ4n) is 13.8. The van der Waals surface area contributed by atoms with Crippen molar-refractivity contribution in [3.05, 3.63) is 48.0 Å². The van der Waals surface area contributed by atoms with Crippen molar-refractivity contribution in [1.29, 1.82) is 10.8 Å². The third-order valence-corrected chi connectivity index (χ3v) is 21.6. The van der Waals surface area contributed by atoms with Crippen molar-refractivity contribution >= 4 is 112 Å². The number of phenols is 1. The lowest BCUT2D eigenvalue weighted by molar-refractivity contribution is -0.142. The predicted octanol–water partition coefficient (Wildman–Crippen LogP) is -2.78. The number of nitrogens with one attached hydrogen (secondary N) is 18. The smallest absolute Gasteiger partial charge is 0.305 e. The van der Waals surface area contributed by atoms with Crippen LogP contribution in [-0.2, 0) is 84.8 Å². The summed E-state index contributed by atoms with van der Waals surface area (Å²) in [5, 5.41) is 96.2. The van der Waals surface area contributed by atoms with Crippen LogP contribution in [0.5, 0.6) is 5.75 Å². The van der Waals surface area contributed by atoms with E-state index < -0.39 is 192 Å². The van der Waals surface area contributed by atoms with Crippen LogP contribution < -0.4 is 114 Å². The van der Waals surface area contributed by atoms with Crippen LogP contribution in [0.3, 0.4) is 0 Å². The molecule has 0 bridgehead atoms. The maximum Gasteiger partial charge on any atom is 0.305 e. The molecule has 45 heteroatoms. The Balaban J connectivity index is 2.54. The number of carboxylic acid groups (broad SMARTS) is 1. The molecule has 1 heterocycles. The molecule has 2 rings (SSSR count). The highest BCUT2D eigenvalue weighted by Gasteiger charge is 2.40. The molecule has 34 N–H and O–H groups in total. The Morgan fingerprint density at radius 2 is 0.792 bits per heavy atom. The fraction of sp³-hybridized carbons (Fsp3) is 0.694. The predicted molar refractivity (Wildman–Crippen MR) is 490 cm³/mol. The molecule has 0 fully saturated rings. The number of nitrogens with zero attached hydrogens (tertiary/aromatic N) is 1. The van der Waals surface area contributed by atoms with Gasteiger partial charge in [-0.3, -0.25) is 82.7 Å². The summed E-state index contributed by atoms with van der Waals surface area (Å²) < 4.78 is 0. The van der Waals surface area contributed by atoms with Crippen molar-refractivity contribution in [2.24, 2.45) is 46.2 Å². The molecule has 0 radical (unpaired) electrons. The number of carbonyl (C=O) groups is 15. The van der Waals surface area contributed by atoms with Crippen LogP contribution in [0.4, 0.5) is 0 Å². The van der Waals surface area contributed by atoms with Crippen molar-refractivity contribution in [3.8, 4) is 5.75 Å². The standard InChI is InChI=1S/C85H149N25O19S/c1-8-9-10-11-12-13-14-15-16-30-68(114)98-56(25-17-20-36-86)72(118)99-57(26-18-21-37-87)73(119)105-63(42-50(2)3)78(124)101-60(29-24-40-96-85(92)93)76(122)109-67(48-111)82(128)103-61(35-41-130-7)77(123)110-70(52(6)112)83(129)108-66(46-69(115)116)81(127)100-58(27-19-22-38-88)74(120)107-65(44-53-31-33-55(113)34-32-53)80(126)102-59(28-23-39-95-84(90)91)75(121)106-64(43-51(4)5)79(125)104-62(71(89)117)45-54-47-94-49-97-54/h31-34,47,49-52,56-67,70,111-113H,8-30,35-46,48,86-88H2,1-7H3,(H2,89,117)(H,94,97)(H,98,114)(H,99,118)(H,100,127)(H,101,124)(H,102,126)(H,103,128)(H,104,125)(H,105,119)(H,106,121)(H,107,120)(H,108,129)(H,109,122)(H,110,123)(H,115,116)(H4,90,91,95)(H4,92,93,96)/t52-,56+,57+,58+,59+,60+,61+,62+,63+,64+,65+,66+,67+,70+/m1/s1. The van der Waals surface area contributed by atoms with Gasteiger partial charge < -0.3 is 140 Å². The quantitative estimate of drug-likeness (QED) is 0.0181. The van der Waals surface area contributed by atoms with Gasteiger partial charge in [-0.15, -0.1) is 0 Å². The number of aromatic nitrogens is 2. The molecule has 14 atom stereocenters. The number of aromatic hydroxyl groups is 1. The van der Waals surface area contributed by atoms with Gasteiger partial charge >= 0.3 is 5.97 Å². The topological polar surface area (TPSA) is 750 Å². The number of amides is 14. The van der Waals surface area contributed by atoms with Crippen LogP contribution >= 0.6 is 11.8 Å². The molecule has 1 aromatic carbocycles. The second kappa shape index (κ2) is 65.5. The number of nitrogens with two attached hydrogens (primary N) is 6. The van der Waals surface area contributed by atoms with E-state index in [9.17, 15) is 92.3 Å². The number of carbonyl (C=O) groups excluding carboxylic acids is 14. The van der Waals surface area contributed by atoms with Gasteiger partial charge in [-0.2, -0.15) is 11.8 Å². The Morgan fingerprint density at radius 3 is 1.18 bits per heavy atom. The second-order valence-electron chi connectivity index (χ2n) is 33.3. The summed E-state index contributed by atoms with van der Waals surface area (Å²) in [6.07, 6.45) is 12.4. The lowest BCUT2D eigenvalue weighted by atomic mass is 10.0. The highest BCUT2D eigenvalue weighted by atomic mass is 32.2. The number of aliphatic carboxylic acids is 1. The first-order valence-electron chi connectivity index (χ1n) is 45.1. The van der Waals surface area contributed by atoms with E-state index in [1.807, 2.05) is 0 Å². The monoisotopic (exact) mass is 1860 g/mol. The van der Waals surface area contributed by atoms with E-state index in [4.69, 9.17) is 45.2 Å². The number of aromatic amines is 1. The summed E-state index contributed by atoms with van der Waals surface area (Å²) in [5.41, 5.74) is 35.0. The SMILES string of the molecule is CCCCCCCCCCCC(=O)N[C@@H](CCCCN)C(=O)N[C@@H](CCCCN)C(=O)N[C@@H](CC(C)C)C(=O)N[C@@H](CCCNC(=N)N)C(=O)N[C@@H](CO)C(=O)N[C@@H](CCSC)C(=O)N[C@H](C(=O)N[C@@H](CC(=O)O)C(=O)N[C@@H](CCCCN)C(=O)N[C@@H](Cc1ccc(O)cc1)C(=O)N[C@@H](CCCNC(=N)N)C(=O)N[C@@H](CC(C)C)C(=O)N[C@@H](Cc1c[nH]cn1)C(N)=O)[C@@H](C)O. The van der Waals surface area contributed by atoms with Crippen LogP contribution in [0.25, 0.3) is 0 Å². The van der Waals surface area contributed by atoms with Crippen molar-refractivity contribution in [2.45, 2.75) is 312 Å². The lowest BCUT2D eigenvalue weighted by Gasteiger charge is -2.29. The van der Waals surface area contributed by atoms with Gasteiger partial charge in [0.2, 0.25) is 82.7 Å². The first-order valence-corrected chi connectivity index (χ1v) is 46.5. The molecule has 44 nitrogen and oxygen atoms in total. The Hall–Kier alpha value is -11.0. The number of hydrogen-bond donors (Lipinski definition) is 28. The maximum absolute atomic E-state index is 14.8. The Bertz CT molecular complexity index is 3830. The van der Waals surface area contributed by atoms with Crippen LogP contribution in [-0.4, -0.2) is 267 Å². The molecule has 0 aliphatic heterocycles. The van der Waals surface area contributed by atoms with Gasteiger partial charge in [0.05, 0.1) is 31.2 Å². The van der Waals surface area contributed by atoms with Crippen molar-refractivity contribution in [1.82, 2.24) is 89.7 Å². The zero-order valence-electron chi connectivity index (χ0n) is 76.4. The molecule has 734 valence electrons. The van der Waals surface area contributed by atoms with E-state index in [0.717, 1.165) is 39.0 Å². The van der Waals surface area contributed by atoms with Crippen molar-refractivity contribution < 1.29 is 92.3 Å². The minimum atomic E-state index is -2.10. The van der Waals surface area contributed by atoms with Gasteiger partial charge in [-0.25, -0.2) is 4.98 Å². The minimum Gasteiger partial charge on any atom is -0.508 e. The molecule has 0 aliphatic rings. The molecule has 130 heavy (non-hydrogen) atoms. The van der Waals surface area contributed by atoms with Gasteiger partial charge in [0.15, 0.2) is 11.9 Å². The average molecular weight is 1860 g/mol. The van der Waals surface area contributed by atoms with Gasteiger partial charge in [0.25, 0.3) is 0 Å². The number of hydrogen-bond acceptors (Lipinski definition) is 25. The van der Waals surface area contributed by atoms with Gasteiger partial charge in [0, 0.05) is 38.5 Å². The summed E-state index contributed by atoms with van der Waals surface area (Å²) >= 11 is 1.20. The average Bonchev–Trinajstić information content (AvgIpc) is 1.00. The number of primary amides is 1. The number of guanidine groups is 2. The van der Waals surface area contributed by atoms with Crippen LogP contribution in [0, 0.1) is 22.7 Å². The number of thioether (sulfide) groups is 1. The number of aliphatic hydroxyl groups excluding tert-OH is 2. The van der Waals surface area contributed by atoms with Gasteiger partial charge in [-0.1, -0.05) is 98.1 Å². The molecule has 0 unspecified atom stereocenters. The summed E-state index contributed by atoms with van der Waals surface area (Å²) in [6.45, 7) is 9.87. The number of carboxylic acids is 1. The largest absolute Gasteiger partial charge is 0.508 e. The van der Waals surface area contributed by atoms with E-state index in [1.165, 1.54) is 67.8 Å². The first-order chi connectivity index (χ1) is 61.8. The van der Waals surface area contributed by atoms with E-state index in [1.54, 1.807) is 34.0 Å². The summed E-state index contributed by atoms with van der Waals surface area (Å²) in [7, 11) is 0. The molecular weight excluding hydrogens is 1710 g/mol. The maximum atomic E-state index is 14.8. The molecule has 0 saturated carbocycles. The summed E-state index contributed by atoms with van der Waals surface area (Å²) in [6, 6.07) is -14.8. The number of unbranched alkanes of at least 4 members (excludes halogenated alkanes) is 11. The van der Waals surface area contributed by atoms with Gasteiger partial charge in [0.1, 0.15) is 84.3 Å². The van der Waals surface area contributed by atoms with Crippen molar-refractivity contribution in [3.63, 3.8) is 0 Å².